The molecule has 0 saturated carbocycles. The van der Waals surface area contributed by atoms with E-state index in [-0.39, 0.29) is 16.5 Å². The fraction of sp³-hybridized carbons (Fsp3) is 0.294. The molecule has 1 aromatic heterocycles. The Kier molecular flexibility index (Phi) is 5.78. The van der Waals surface area contributed by atoms with Crippen molar-refractivity contribution in [3.8, 4) is 0 Å². The Morgan fingerprint density at radius 3 is 2.38 bits per heavy atom. The van der Waals surface area contributed by atoms with Crippen molar-refractivity contribution in [2.45, 2.75) is 6.18 Å². The van der Waals surface area contributed by atoms with Gasteiger partial charge in [-0.15, -0.1) is 0 Å². The van der Waals surface area contributed by atoms with Crippen molar-refractivity contribution in [3.05, 3.63) is 57.2 Å². The quantitative estimate of drug-likeness (QED) is 0.588. The highest BCUT2D eigenvalue weighted by atomic mass is 35.5. The van der Waals surface area contributed by atoms with Crippen molar-refractivity contribution in [2.75, 3.05) is 36.4 Å². The van der Waals surface area contributed by atoms with Crippen LogP contribution in [0.25, 0.3) is 0 Å². The number of piperazine rings is 1. The van der Waals surface area contributed by atoms with E-state index in [1.54, 1.807) is 6.07 Å². The van der Waals surface area contributed by atoms with E-state index in [0.29, 0.717) is 31.9 Å². The van der Waals surface area contributed by atoms with Gasteiger partial charge in [-0.3, -0.25) is 0 Å². The number of hydrogen-bond acceptors (Lipinski definition) is 5. The summed E-state index contributed by atoms with van der Waals surface area (Å²) in [6.07, 6.45) is -3.12. The number of nitrogens with one attached hydrogen (secondary N) is 1. The molecule has 0 aliphatic carbocycles. The number of halogens is 4. The minimum atomic E-state index is -4.52. The Morgan fingerprint density at radius 2 is 1.86 bits per heavy atom. The maximum absolute atomic E-state index is 12.7. The van der Waals surface area contributed by atoms with Gasteiger partial charge in [-0.1, -0.05) is 11.6 Å². The van der Waals surface area contributed by atoms with Gasteiger partial charge in [-0.05, 0) is 34.2 Å². The number of hydrogen-bond donors (Lipinski definition) is 1. The van der Waals surface area contributed by atoms with Crippen LogP contribution in [0.2, 0.25) is 5.02 Å². The maximum atomic E-state index is 12.7. The van der Waals surface area contributed by atoms with E-state index < -0.39 is 22.7 Å². The first-order valence-corrected chi connectivity index (χ1v) is 8.81. The Bertz CT molecular complexity index is 916. The first-order chi connectivity index (χ1) is 13.6. The van der Waals surface area contributed by atoms with Gasteiger partial charge < -0.3 is 25.2 Å². The average Bonchev–Trinajstić information content (AvgIpc) is 2.69. The molecule has 1 aromatic carbocycles. The largest absolute Gasteiger partial charge is 0.416 e. The van der Waals surface area contributed by atoms with Crippen LogP contribution in [0.3, 0.4) is 0 Å². The Hall–Kier alpha value is -3.08. The number of nitro groups is 1. The third-order valence-electron chi connectivity index (χ3n) is 4.39. The summed E-state index contributed by atoms with van der Waals surface area (Å²) in [4.78, 5) is 29.7. The zero-order chi connectivity index (χ0) is 21.2. The fourth-order valence-electron chi connectivity index (χ4n) is 2.83. The second-order valence-corrected chi connectivity index (χ2v) is 6.64. The summed E-state index contributed by atoms with van der Waals surface area (Å²) in [7, 11) is 0. The molecule has 0 radical (unpaired) electrons. The van der Waals surface area contributed by atoms with Gasteiger partial charge in [0.25, 0.3) is 0 Å². The summed E-state index contributed by atoms with van der Waals surface area (Å²) >= 11 is 5.86. The smallest absolute Gasteiger partial charge is 0.365 e. The van der Waals surface area contributed by atoms with Crippen molar-refractivity contribution in [1.82, 2.24) is 9.88 Å². The monoisotopic (exact) mass is 429 g/mol. The molecule has 2 aromatic rings. The lowest BCUT2D eigenvalue weighted by Gasteiger charge is -2.35. The third kappa shape index (κ3) is 4.86. The highest BCUT2D eigenvalue weighted by Gasteiger charge is 2.31. The van der Waals surface area contributed by atoms with Crippen molar-refractivity contribution in [3.63, 3.8) is 0 Å². The van der Waals surface area contributed by atoms with E-state index in [1.165, 1.54) is 17.2 Å². The second kappa shape index (κ2) is 8.11. The number of aromatic nitrogens is 1. The van der Waals surface area contributed by atoms with E-state index in [4.69, 9.17) is 11.6 Å². The number of alkyl halides is 3. The van der Waals surface area contributed by atoms with Crippen molar-refractivity contribution in [1.29, 1.82) is 0 Å². The summed E-state index contributed by atoms with van der Waals surface area (Å²) < 4.78 is 38.1. The van der Waals surface area contributed by atoms with Gasteiger partial charge in [-0.2, -0.15) is 13.2 Å². The molecule has 0 atom stereocenters. The number of nitrogens with zero attached hydrogens (tertiary/aromatic N) is 4. The summed E-state index contributed by atoms with van der Waals surface area (Å²) in [5.41, 5.74) is -0.112. The molecule has 1 fully saturated rings. The number of carbonyl (C=O) groups excluding carboxylic acids is 1. The number of pyridine rings is 1. The minimum absolute atomic E-state index is 0.0895. The van der Waals surface area contributed by atoms with E-state index in [9.17, 15) is 28.1 Å². The van der Waals surface area contributed by atoms with Gasteiger partial charge in [-0.25, -0.2) is 4.79 Å². The van der Waals surface area contributed by atoms with Gasteiger partial charge >= 0.3 is 18.0 Å². The normalized spacial score (nSPS) is 14.6. The van der Waals surface area contributed by atoms with E-state index in [1.807, 2.05) is 4.90 Å². The molecule has 3 rings (SSSR count). The van der Waals surface area contributed by atoms with Crippen LogP contribution in [-0.2, 0) is 6.18 Å². The predicted octanol–water partition coefficient (Wildman–Crippen LogP) is 4.02. The van der Waals surface area contributed by atoms with Gasteiger partial charge in [0.15, 0.2) is 6.20 Å². The van der Waals surface area contributed by atoms with Crippen LogP contribution >= 0.6 is 11.6 Å². The van der Waals surface area contributed by atoms with E-state index in [2.05, 4.69) is 10.3 Å². The second-order valence-electron chi connectivity index (χ2n) is 6.23. The Labute approximate surface area is 168 Å². The molecule has 1 aliphatic rings. The van der Waals surface area contributed by atoms with Crippen molar-refractivity contribution >= 4 is 34.8 Å². The van der Waals surface area contributed by atoms with Gasteiger partial charge in [0.1, 0.15) is 0 Å². The van der Waals surface area contributed by atoms with Crippen LogP contribution in [0.5, 0.6) is 0 Å². The summed E-state index contributed by atoms with van der Waals surface area (Å²) in [6.45, 7) is 1.63. The lowest BCUT2D eigenvalue weighted by Crippen LogP contribution is -2.50. The zero-order valence-corrected chi connectivity index (χ0v) is 15.6. The topological polar surface area (TPSA) is 91.6 Å². The number of carbonyl (C=O) groups is 1. The van der Waals surface area contributed by atoms with Crippen LogP contribution in [0.15, 0.2) is 36.5 Å². The number of urea groups is 1. The lowest BCUT2D eigenvalue weighted by atomic mass is 10.2. The Balaban J connectivity index is 1.58. The van der Waals surface area contributed by atoms with Gasteiger partial charge in [0, 0.05) is 32.2 Å². The highest BCUT2D eigenvalue weighted by molar-refractivity contribution is 6.33. The number of anilines is 2. The van der Waals surface area contributed by atoms with Crippen LogP contribution in [0.4, 0.5) is 35.2 Å². The lowest BCUT2D eigenvalue weighted by molar-refractivity contribution is -0.389. The molecule has 1 aliphatic heterocycles. The summed E-state index contributed by atoms with van der Waals surface area (Å²) in [6, 6.07) is 5.14. The molecule has 154 valence electrons. The van der Waals surface area contributed by atoms with Crippen LogP contribution < -0.4 is 10.2 Å². The molecule has 1 N–H and O–H groups in total. The molecule has 0 unspecified atom stereocenters. The van der Waals surface area contributed by atoms with Crippen molar-refractivity contribution < 1.29 is 22.9 Å². The molecule has 2 amide bonds. The number of rotatable bonds is 3. The average molecular weight is 430 g/mol. The van der Waals surface area contributed by atoms with Gasteiger partial charge in [0.2, 0.25) is 0 Å². The van der Waals surface area contributed by atoms with Crippen LogP contribution in [0.1, 0.15) is 5.56 Å². The molecule has 29 heavy (non-hydrogen) atoms. The van der Waals surface area contributed by atoms with Crippen molar-refractivity contribution in [2.24, 2.45) is 0 Å². The molecule has 8 nitrogen and oxygen atoms in total. The highest BCUT2D eigenvalue weighted by Crippen LogP contribution is 2.33. The summed E-state index contributed by atoms with van der Waals surface area (Å²) in [5, 5.41) is 13.0. The molecule has 12 heteroatoms. The van der Waals surface area contributed by atoms with E-state index in [0.717, 1.165) is 18.2 Å². The Morgan fingerprint density at radius 1 is 1.17 bits per heavy atom. The molecule has 1 saturated heterocycles. The zero-order valence-electron chi connectivity index (χ0n) is 14.8. The summed E-state index contributed by atoms with van der Waals surface area (Å²) in [5.74, 6) is -0.250. The predicted molar refractivity (Wildman–Crippen MR) is 100 cm³/mol. The first kappa shape index (κ1) is 20.6. The first-order valence-electron chi connectivity index (χ1n) is 8.43. The number of benzene rings is 1. The van der Waals surface area contributed by atoms with Crippen LogP contribution in [0, 0.1) is 10.1 Å². The maximum Gasteiger partial charge on any atom is 0.416 e. The third-order valence-corrected chi connectivity index (χ3v) is 4.70. The molecular weight excluding hydrogens is 415 g/mol. The SMILES string of the molecule is O=C(Nc1ccc(C(F)(F)F)cc1Cl)N1CCN(c2ccc([N+](=O)[O-])nc2)CC1. The molecule has 0 bridgehead atoms. The van der Waals surface area contributed by atoms with E-state index >= 15 is 0 Å². The number of amides is 2. The van der Waals surface area contributed by atoms with Crippen LogP contribution in [-0.4, -0.2) is 47.0 Å². The molecule has 2 heterocycles. The standard InChI is InChI=1S/C17H15ClF3N5O3/c18-13-9-11(17(19,20)21)1-3-14(13)23-16(27)25-7-5-24(6-8-25)12-2-4-15(22-10-12)26(28)29/h1-4,9-10H,5-8H2,(H,23,27). The minimum Gasteiger partial charge on any atom is -0.365 e. The fourth-order valence-corrected chi connectivity index (χ4v) is 3.06. The molecular formula is C17H15ClF3N5O3. The van der Waals surface area contributed by atoms with Gasteiger partial charge in [0.05, 0.1) is 22.0 Å². The molecule has 0 spiro atoms.